The van der Waals surface area contributed by atoms with Gasteiger partial charge in [-0.2, -0.15) is 0 Å². The predicted molar refractivity (Wildman–Crippen MR) is 131 cm³/mol. The van der Waals surface area contributed by atoms with E-state index in [1.807, 2.05) is 13.0 Å². The highest BCUT2D eigenvalue weighted by atomic mass is 32.1. The van der Waals surface area contributed by atoms with Crippen LogP contribution in [0, 0.1) is 5.82 Å². The average Bonchev–Trinajstić information content (AvgIpc) is 3.31. The highest BCUT2D eigenvalue weighted by molar-refractivity contribution is 7.10. The molecule has 3 amide bonds. The van der Waals surface area contributed by atoms with Crippen LogP contribution in [0.5, 0.6) is 0 Å². The van der Waals surface area contributed by atoms with E-state index < -0.39 is 5.97 Å². The first kappa shape index (κ1) is 25.1. The Bertz CT molecular complexity index is 1080. The van der Waals surface area contributed by atoms with Gasteiger partial charge in [0.2, 0.25) is 5.91 Å². The molecule has 2 unspecified atom stereocenters. The van der Waals surface area contributed by atoms with Crippen LogP contribution in [-0.4, -0.2) is 84.5 Å². The average molecular weight is 503 g/mol. The number of halogens is 1. The van der Waals surface area contributed by atoms with Crippen molar-refractivity contribution in [3.8, 4) is 0 Å². The normalized spacial score (nSPS) is 20.3. The molecule has 0 radical (unpaired) electrons. The number of amides is 3. The van der Waals surface area contributed by atoms with Crippen molar-refractivity contribution in [2.24, 2.45) is 0 Å². The van der Waals surface area contributed by atoms with Gasteiger partial charge in [-0.1, -0.05) is 12.1 Å². The Morgan fingerprint density at radius 1 is 1.20 bits per heavy atom. The molecule has 0 bridgehead atoms. The Kier molecular flexibility index (Phi) is 8.02. The lowest BCUT2D eigenvalue weighted by molar-refractivity contribution is -0.141. The van der Waals surface area contributed by atoms with E-state index in [-0.39, 0.29) is 49.5 Å². The van der Waals surface area contributed by atoms with Crippen molar-refractivity contribution in [1.29, 1.82) is 0 Å². The van der Waals surface area contributed by atoms with E-state index in [9.17, 15) is 18.8 Å². The summed E-state index contributed by atoms with van der Waals surface area (Å²) in [7, 11) is 0. The number of thiophene rings is 1. The number of urea groups is 1. The number of benzene rings is 1. The number of esters is 1. The number of piperazine rings is 1. The molecule has 10 heteroatoms. The quantitative estimate of drug-likeness (QED) is 0.615. The second-order valence-corrected chi connectivity index (χ2v) is 9.82. The van der Waals surface area contributed by atoms with Gasteiger partial charge in [0.05, 0.1) is 19.2 Å². The molecule has 8 nitrogen and oxygen atoms in total. The largest absolute Gasteiger partial charge is 0.465 e. The number of fused-ring (bicyclic) bond motifs is 1. The minimum Gasteiger partial charge on any atom is -0.465 e. The molecule has 1 fully saturated rings. The van der Waals surface area contributed by atoms with Gasteiger partial charge in [-0.05, 0) is 55.0 Å². The highest BCUT2D eigenvalue weighted by Gasteiger charge is 2.34. The Balaban J connectivity index is 1.39. The molecule has 2 aromatic rings. The molecule has 2 aliphatic rings. The van der Waals surface area contributed by atoms with Crippen molar-refractivity contribution in [2.45, 2.75) is 32.4 Å². The van der Waals surface area contributed by atoms with Crippen molar-refractivity contribution in [3.63, 3.8) is 0 Å². The van der Waals surface area contributed by atoms with E-state index in [1.54, 1.807) is 40.2 Å². The minimum atomic E-state index is -0.481. The fourth-order valence-corrected chi connectivity index (χ4v) is 5.73. The van der Waals surface area contributed by atoms with E-state index in [0.29, 0.717) is 26.2 Å². The zero-order valence-corrected chi connectivity index (χ0v) is 20.9. The van der Waals surface area contributed by atoms with Gasteiger partial charge in [0.1, 0.15) is 12.4 Å². The summed E-state index contributed by atoms with van der Waals surface area (Å²) >= 11 is 1.70. The number of rotatable bonds is 6. The number of ether oxygens (including phenoxy) is 1. The Labute approximate surface area is 208 Å². The van der Waals surface area contributed by atoms with Crippen LogP contribution in [0.3, 0.4) is 0 Å². The standard InChI is InChI=1S/C25H31FN4O4S/c1-3-34-23(32)14-27-25(33)30-11-10-28(15-17(30)2)22(31)16-29-9-7-21-20(8-12-35-21)24(29)18-5-4-6-19(26)13-18/h4-6,8,12-13,17,24H,3,7,9-11,14-16H2,1-2H3,(H,27,33). The van der Waals surface area contributed by atoms with E-state index >= 15 is 0 Å². The van der Waals surface area contributed by atoms with Gasteiger partial charge in [-0.25, -0.2) is 9.18 Å². The molecule has 0 saturated carbocycles. The fourth-order valence-electron chi connectivity index (χ4n) is 4.83. The van der Waals surface area contributed by atoms with E-state index in [4.69, 9.17) is 4.74 Å². The molecular weight excluding hydrogens is 471 g/mol. The SMILES string of the molecule is CCOC(=O)CNC(=O)N1CCN(C(=O)CN2CCc3sccc3C2c2cccc(F)c2)CC1C. The molecule has 0 aliphatic carbocycles. The lowest BCUT2D eigenvalue weighted by atomic mass is 9.93. The van der Waals surface area contributed by atoms with Gasteiger partial charge >= 0.3 is 12.0 Å². The number of carbonyl (C=O) groups excluding carboxylic acids is 3. The molecule has 1 aromatic heterocycles. The second kappa shape index (κ2) is 11.2. The minimum absolute atomic E-state index is 0.0106. The van der Waals surface area contributed by atoms with Gasteiger partial charge in [0, 0.05) is 37.1 Å². The zero-order chi connectivity index (χ0) is 24.9. The molecule has 2 aliphatic heterocycles. The summed E-state index contributed by atoms with van der Waals surface area (Å²) in [5, 5.41) is 4.64. The molecule has 3 heterocycles. The molecule has 0 spiro atoms. The summed E-state index contributed by atoms with van der Waals surface area (Å²) in [4.78, 5) is 44.1. The summed E-state index contributed by atoms with van der Waals surface area (Å²) in [6, 6.07) is 7.96. The smallest absolute Gasteiger partial charge is 0.325 e. The third-order valence-electron chi connectivity index (χ3n) is 6.50. The second-order valence-electron chi connectivity index (χ2n) is 8.82. The third-order valence-corrected chi connectivity index (χ3v) is 7.50. The predicted octanol–water partition coefficient (Wildman–Crippen LogP) is 2.64. The number of nitrogens with zero attached hydrogens (tertiary/aromatic N) is 3. The maximum Gasteiger partial charge on any atom is 0.325 e. The molecule has 2 atom stereocenters. The van der Waals surface area contributed by atoms with Crippen LogP contribution >= 0.6 is 11.3 Å². The van der Waals surface area contributed by atoms with Gasteiger partial charge in [-0.15, -0.1) is 11.3 Å². The molecule has 1 aromatic carbocycles. The number of nitrogens with one attached hydrogen (secondary N) is 1. The van der Waals surface area contributed by atoms with E-state index in [0.717, 1.165) is 17.5 Å². The highest BCUT2D eigenvalue weighted by Crippen LogP contribution is 2.37. The van der Waals surface area contributed by atoms with Crippen LogP contribution in [-0.2, 0) is 20.7 Å². The number of hydrogen-bond donors (Lipinski definition) is 1. The fraction of sp³-hybridized carbons (Fsp3) is 0.480. The molecule has 35 heavy (non-hydrogen) atoms. The zero-order valence-electron chi connectivity index (χ0n) is 20.0. The van der Waals surface area contributed by atoms with Gasteiger partial charge < -0.3 is 19.9 Å². The van der Waals surface area contributed by atoms with Gasteiger partial charge in [0.25, 0.3) is 0 Å². The third kappa shape index (κ3) is 5.82. The van der Waals surface area contributed by atoms with Crippen molar-refractivity contribution in [1.82, 2.24) is 20.0 Å². The summed E-state index contributed by atoms with van der Waals surface area (Å²) in [5.41, 5.74) is 1.98. The molecule has 188 valence electrons. The Morgan fingerprint density at radius 3 is 2.77 bits per heavy atom. The topological polar surface area (TPSA) is 82.2 Å². The summed E-state index contributed by atoms with van der Waals surface area (Å²) in [5.74, 6) is -0.781. The lowest BCUT2D eigenvalue weighted by Gasteiger charge is -2.41. The first-order valence-corrected chi connectivity index (χ1v) is 12.8. The Morgan fingerprint density at radius 2 is 2.03 bits per heavy atom. The van der Waals surface area contributed by atoms with Crippen LogP contribution in [0.2, 0.25) is 0 Å². The lowest BCUT2D eigenvalue weighted by Crippen LogP contribution is -2.59. The van der Waals surface area contributed by atoms with Crippen LogP contribution in [0.4, 0.5) is 9.18 Å². The Hall–Kier alpha value is -2.98. The van der Waals surface area contributed by atoms with E-state index in [2.05, 4.69) is 21.7 Å². The van der Waals surface area contributed by atoms with Crippen molar-refractivity contribution < 1.29 is 23.5 Å². The summed E-state index contributed by atoms with van der Waals surface area (Å²) in [6.07, 6.45) is 0.858. The molecule has 1 saturated heterocycles. The molecule has 4 rings (SSSR count). The van der Waals surface area contributed by atoms with Crippen LogP contribution < -0.4 is 5.32 Å². The van der Waals surface area contributed by atoms with Crippen LogP contribution in [0.25, 0.3) is 0 Å². The maximum absolute atomic E-state index is 14.0. The van der Waals surface area contributed by atoms with Crippen molar-refractivity contribution >= 4 is 29.2 Å². The van der Waals surface area contributed by atoms with Crippen molar-refractivity contribution in [3.05, 3.63) is 57.5 Å². The summed E-state index contributed by atoms with van der Waals surface area (Å²) < 4.78 is 18.9. The number of hydrogen-bond acceptors (Lipinski definition) is 6. The molecular formula is C25H31FN4O4S. The first-order chi connectivity index (χ1) is 16.9. The maximum atomic E-state index is 14.0. The van der Waals surface area contributed by atoms with Gasteiger partial charge in [-0.3, -0.25) is 14.5 Å². The van der Waals surface area contributed by atoms with Crippen LogP contribution in [0.1, 0.15) is 35.9 Å². The van der Waals surface area contributed by atoms with Crippen molar-refractivity contribution in [2.75, 3.05) is 45.9 Å². The van der Waals surface area contributed by atoms with Crippen LogP contribution in [0.15, 0.2) is 35.7 Å². The van der Waals surface area contributed by atoms with Gasteiger partial charge in [0.15, 0.2) is 0 Å². The first-order valence-electron chi connectivity index (χ1n) is 11.9. The monoisotopic (exact) mass is 502 g/mol. The van der Waals surface area contributed by atoms with E-state index in [1.165, 1.54) is 10.9 Å². The molecule has 1 N–H and O–H groups in total. The number of carbonyl (C=O) groups is 3. The summed E-state index contributed by atoms with van der Waals surface area (Å²) in [6.45, 7) is 5.81.